The van der Waals surface area contributed by atoms with Gasteiger partial charge in [-0.1, -0.05) is 6.07 Å². The first-order chi connectivity index (χ1) is 7.34. The van der Waals surface area contributed by atoms with Crippen LogP contribution in [0.4, 0.5) is 5.69 Å². The Bertz CT molecular complexity index is 470. The molecule has 3 rings (SSSR count). The molecule has 15 heavy (non-hydrogen) atoms. The molecular formula is C12H13N3. The highest BCUT2D eigenvalue weighted by Gasteiger charge is 2.25. The second-order valence-electron chi connectivity index (χ2n) is 4.04. The van der Waals surface area contributed by atoms with E-state index in [0.717, 1.165) is 11.4 Å². The number of nitrogens with zero attached hydrogens (tertiary/aromatic N) is 2. The summed E-state index contributed by atoms with van der Waals surface area (Å²) in [6.07, 6.45) is 6.26. The topological polar surface area (TPSA) is 43.8 Å². The molecule has 0 saturated heterocycles. The normalized spacial score (nSPS) is 15.5. The van der Waals surface area contributed by atoms with Crippen LogP contribution in [-0.2, 0) is 0 Å². The van der Waals surface area contributed by atoms with E-state index in [9.17, 15) is 0 Å². The molecule has 76 valence electrons. The van der Waals surface area contributed by atoms with Crippen LogP contribution < -0.4 is 5.73 Å². The molecule has 3 nitrogen and oxygen atoms in total. The summed E-state index contributed by atoms with van der Waals surface area (Å²) in [5.41, 5.74) is 9.25. The lowest BCUT2D eigenvalue weighted by molar-refractivity contribution is 0.879. The number of hydrogen-bond acceptors (Lipinski definition) is 2. The molecule has 0 bridgehead atoms. The fourth-order valence-corrected chi connectivity index (χ4v) is 1.89. The van der Waals surface area contributed by atoms with Crippen LogP contribution in [0, 0.1) is 0 Å². The fourth-order valence-electron chi connectivity index (χ4n) is 1.89. The van der Waals surface area contributed by atoms with Gasteiger partial charge < -0.3 is 5.73 Å². The summed E-state index contributed by atoms with van der Waals surface area (Å²) < 4.78 is 1.83. The molecule has 0 aliphatic heterocycles. The van der Waals surface area contributed by atoms with Crippen LogP contribution in [0.25, 0.3) is 5.69 Å². The summed E-state index contributed by atoms with van der Waals surface area (Å²) in [5, 5.41) is 4.18. The molecule has 1 aliphatic rings. The molecule has 0 unspecified atom stereocenters. The maximum absolute atomic E-state index is 6.03. The molecule has 1 aliphatic carbocycles. The Morgan fingerprint density at radius 3 is 2.80 bits per heavy atom. The molecular weight excluding hydrogens is 186 g/mol. The molecule has 0 amide bonds. The second kappa shape index (κ2) is 3.12. The van der Waals surface area contributed by atoms with Gasteiger partial charge in [0.2, 0.25) is 0 Å². The third-order valence-corrected chi connectivity index (χ3v) is 2.86. The molecule has 0 atom stereocenters. The second-order valence-corrected chi connectivity index (χ2v) is 4.04. The molecule has 1 aromatic heterocycles. The van der Waals surface area contributed by atoms with Crippen LogP contribution >= 0.6 is 0 Å². The summed E-state index contributed by atoms with van der Waals surface area (Å²) in [7, 11) is 0. The third kappa shape index (κ3) is 1.50. The van der Waals surface area contributed by atoms with Crippen LogP contribution in [0.1, 0.15) is 24.3 Å². The smallest absolute Gasteiger partial charge is 0.0666 e. The number of hydrogen-bond donors (Lipinski definition) is 1. The van der Waals surface area contributed by atoms with Crippen LogP contribution in [0.5, 0.6) is 0 Å². The molecule has 1 saturated carbocycles. The van der Waals surface area contributed by atoms with E-state index in [-0.39, 0.29) is 0 Å². The molecule has 0 spiro atoms. The Morgan fingerprint density at radius 2 is 2.20 bits per heavy atom. The minimum absolute atomic E-state index is 0.705. The standard InChI is InChI=1S/C12H13N3/c13-12-8-10(15-7-1-6-14-15)4-5-11(12)9-2-3-9/h1,4-9H,2-3,13H2. The summed E-state index contributed by atoms with van der Waals surface area (Å²) in [4.78, 5) is 0. The Labute approximate surface area is 88.5 Å². The highest BCUT2D eigenvalue weighted by atomic mass is 15.3. The number of nitrogen functional groups attached to an aromatic ring is 1. The third-order valence-electron chi connectivity index (χ3n) is 2.86. The van der Waals surface area contributed by atoms with E-state index >= 15 is 0 Å². The maximum atomic E-state index is 6.03. The van der Waals surface area contributed by atoms with Crippen LogP contribution in [-0.4, -0.2) is 9.78 Å². The summed E-state index contributed by atoms with van der Waals surface area (Å²) >= 11 is 0. The van der Waals surface area contributed by atoms with Gasteiger partial charge in [0, 0.05) is 18.1 Å². The largest absolute Gasteiger partial charge is 0.398 e. The summed E-state index contributed by atoms with van der Waals surface area (Å²) in [5.74, 6) is 0.705. The molecule has 2 N–H and O–H groups in total. The van der Waals surface area contributed by atoms with Crippen molar-refractivity contribution >= 4 is 5.69 Å². The van der Waals surface area contributed by atoms with E-state index in [1.807, 2.05) is 23.0 Å². The Hall–Kier alpha value is -1.77. The highest BCUT2D eigenvalue weighted by Crippen LogP contribution is 2.42. The quantitative estimate of drug-likeness (QED) is 0.754. The van der Waals surface area contributed by atoms with Crippen molar-refractivity contribution in [3.05, 3.63) is 42.2 Å². The minimum Gasteiger partial charge on any atom is -0.398 e. The van der Waals surface area contributed by atoms with Crippen LogP contribution in [0.3, 0.4) is 0 Å². The number of aromatic nitrogens is 2. The molecule has 3 heteroatoms. The van der Waals surface area contributed by atoms with Gasteiger partial charge in [0.05, 0.1) is 5.69 Å². The first kappa shape index (κ1) is 8.53. The van der Waals surface area contributed by atoms with Crippen molar-refractivity contribution in [1.29, 1.82) is 0 Å². The van der Waals surface area contributed by atoms with Crippen molar-refractivity contribution in [2.75, 3.05) is 5.73 Å². The van der Waals surface area contributed by atoms with Crippen molar-refractivity contribution < 1.29 is 0 Å². The van der Waals surface area contributed by atoms with Gasteiger partial charge in [0.15, 0.2) is 0 Å². The van der Waals surface area contributed by atoms with Crippen molar-refractivity contribution in [1.82, 2.24) is 9.78 Å². The predicted molar refractivity (Wildman–Crippen MR) is 60.0 cm³/mol. The van der Waals surface area contributed by atoms with Gasteiger partial charge in [-0.05, 0) is 42.5 Å². The molecule has 1 aromatic carbocycles. The predicted octanol–water partition coefficient (Wildman–Crippen LogP) is 2.33. The van der Waals surface area contributed by atoms with E-state index in [2.05, 4.69) is 17.2 Å². The maximum Gasteiger partial charge on any atom is 0.0666 e. The van der Waals surface area contributed by atoms with Crippen molar-refractivity contribution in [3.8, 4) is 5.69 Å². The van der Waals surface area contributed by atoms with Crippen molar-refractivity contribution in [2.24, 2.45) is 0 Å². The van der Waals surface area contributed by atoms with Gasteiger partial charge in [-0.3, -0.25) is 0 Å². The minimum atomic E-state index is 0.705. The van der Waals surface area contributed by atoms with Gasteiger partial charge >= 0.3 is 0 Å². The first-order valence-electron chi connectivity index (χ1n) is 5.24. The zero-order chi connectivity index (χ0) is 10.3. The van der Waals surface area contributed by atoms with Crippen molar-refractivity contribution in [2.45, 2.75) is 18.8 Å². The van der Waals surface area contributed by atoms with Gasteiger partial charge in [-0.2, -0.15) is 5.10 Å². The van der Waals surface area contributed by atoms with Gasteiger partial charge in [-0.25, -0.2) is 4.68 Å². The number of anilines is 1. The van der Waals surface area contributed by atoms with E-state index in [1.54, 1.807) is 6.20 Å². The lowest BCUT2D eigenvalue weighted by atomic mass is 10.1. The van der Waals surface area contributed by atoms with E-state index in [1.165, 1.54) is 18.4 Å². The summed E-state index contributed by atoms with van der Waals surface area (Å²) in [6, 6.07) is 8.12. The van der Waals surface area contributed by atoms with Crippen LogP contribution in [0.15, 0.2) is 36.7 Å². The zero-order valence-corrected chi connectivity index (χ0v) is 8.43. The van der Waals surface area contributed by atoms with Gasteiger partial charge in [-0.15, -0.1) is 0 Å². The fraction of sp³-hybridized carbons (Fsp3) is 0.250. The Morgan fingerprint density at radius 1 is 1.33 bits per heavy atom. The monoisotopic (exact) mass is 199 g/mol. The number of rotatable bonds is 2. The lowest BCUT2D eigenvalue weighted by Gasteiger charge is -2.07. The average molecular weight is 199 g/mol. The average Bonchev–Trinajstić information content (AvgIpc) is 2.93. The number of benzene rings is 1. The molecule has 1 heterocycles. The summed E-state index contributed by atoms with van der Waals surface area (Å²) in [6.45, 7) is 0. The number of nitrogens with two attached hydrogens (primary N) is 1. The van der Waals surface area contributed by atoms with Gasteiger partial charge in [0.25, 0.3) is 0 Å². The van der Waals surface area contributed by atoms with E-state index in [0.29, 0.717) is 5.92 Å². The van der Waals surface area contributed by atoms with Crippen molar-refractivity contribution in [3.63, 3.8) is 0 Å². The SMILES string of the molecule is Nc1cc(-n2cccn2)ccc1C1CC1. The highest BCUT2D eigenvalue weighted by molar-refractivity contribution is 5.56. The Kier molecular flexibility index (Phi) is 1.78. The molecule has 2 aromatic rings. The van der Waals surface area contributed by atoms with E-state index < -0.39 is 0 Å². The first-order valence-corrected chi connectivity index (χ1v) is 5.24. The molecule has 1 fully saturated rings. The Balaban J connectivity index is 2.01. The lowest BCUT2D eigenvalue weighted by Crippen LogP contribution is -1.98. The molecule has 0 radical (unpaired) electrons. The van der Waals surface area contributed by atoms with E-state index in [4.69, 9.17) is 5.73 Å². The van der Waals surface area contributed by atoms with Gasteiger partial charge in [0.1, 0.15) is 0 Å². The zero-order valence-electron chi connectivity index (χ0n) is 8.43. The van der Waals surface area contributed by atoms with Crippen LogP contribution in [0.2, 0.25) is 0 Å².